The fourth-order valence-electron chi connectivity index (χ4n) is 2.91. The Morgan fingerprint density at radius 2 is 1.43 bits per heavy atom. The van der Waals surface area contributed by atoms with Gasteiger partial charge in [0.15, 0.2) is 6.61 Å². The van der Waals surface area contributed by atoms with E-state index in [2.05, 4.69) is 31.4 Å². The molecule has 30 heavy (non-hydrogen) atoms. The highest BCUT2D eigenvalue weighted by atomic mass is 16.5. The number of esters is 1. The van der Waals surface area contributed by atoms with Crippen LogP contribution in [0.4, 0.5) is 17.1 Å². The molecule has 3 aromatic carbocycles. The van der Waals surface area contributed by atoms with Gasteiger partial charge in [-0.25, -0.2) is 4.79 Å². The van der Waals surface area contributed by atoms with Crippen molar-refractivity contribution in [3.63, 3.8) is 0 Å². The Kier molecular flexibility index (Phi) is 6.52. The number of carbonyl (C=O) groups is 2. The van der Waals surface area contributed by atoms with Gasteiger partial charge in [0, 0.05) is 11.4 Å². The van der Waals surface area contributed by atoms with Gasteiger partial charge >= 0.3 is 5.97 Å². The molecule has 5 heteroatoms. The van der Waals surface area contributed by atoms with Gasteiger partial charge in [-0.05, 0) is 47.4 Å². The van der Waals surface area contributed by atoms with E-state index in [0.29, 0.717) is 16.9 Å². The van der Waals surface area contributed by atoms with Crippen LogP contribution < -0.4 is 10.6 Å². The standard InChI is InChI=1S/C25H26N2O3/c1-25(2,3)18-13-15-20(16-14-18)27-23(28)17-30-24(29)21-11-7-8-12-22(21)26-19-9-5-4-6-10-19/h4-16,26H,17H2,1-3H3,(H,27,28). The molecule has 3 aromatic rings. The van der Waals surface area contributed by atoms with Crippen molar-refractivity contribution in [2.24, 2.45) is 0 Å². The lowest BCUT2D eigenvalue weighted by Gasteiger charge is -2.19. The van der Waals surface area contributed by atoms with Crippen molar-refractivity contribution in [1.82, 2.24) is 0 Å². The predicted octanol–water partition coefficient (Wildman–Crippen LogP) is 5.52. The summed E-state index contributed by atoms with van der Waals surface area (Å²) in [5.74, 6) is -0.951. The Morgan fingerprint density at radius 1 is 0.800 bits per heavy atom. The summed E-state index contributed by atoms with van der Waals surface area (Å²) in [6.45, 7) is 6.03. The smallest absolute Gasteiger partial charge is 0.340 e. The summed E-state index contributed by atoms with van der Waals surface area (Å²) in [4.78, 5) is 24.7. The van der Waals surface area contributed by atoms with Crippen LogP contribution in [0, 0.1) is 0 Å². The van der Waals surface area contributed by atoms with Crippen LogP contribution in [-0.4, -0.2) is 18.5 Å². The highest BCUT2D eigenvalue weighted by Gasteiger charge is 2.16. The normalized spacial score (nSPS) is 10.9. The average molecular weight is 402 g/mol. The van der Waals surface area contributed by atoms with Crippen molar-refractivity contribution >= 4 is 28.9 Å². The summed E-state index contributed by atoms with van der Waals surface area (Å²) in [7, 11) is 0. The molecule has 1 amide bonds. The number of anilines is 3. The Morgan fingerprint density at radius 3 is 2.10 bits per heavy atom. The number of ether oxygens (including phenoxy) is 1. The van der Waals surface area contributed by atoms with Gasteiger partial charge in [0.2, 0.25) is 0 Å². The summed E-state index contributed by atoms with van der Waals surface area (Å²) in [5, 5.41) is 5.95. The molecule has 0 radical (unpaired) electrons. The van der Waals surface area contributed by atoms with Crippen LogP contribution in [0.3, 0.4) is 0 Å². The van der Waals surface area contributed by atoms with E-state index in [1.165, 1.54) is 5.56 Å². The number of hydrogen-bond donors (Lipinski definition) is 2. The largest absolute Gasteiger partial charge is 0.452 e. The summed E-state index contributed by atoms with van der Waals surface area (Å²) in [6, 6.07) is 24.2. The van der Waals surface area contributed by atoms with E-state index in [9.17, 15) is 9.59 Å². The monoisotopic (exact) mass is 402 g/mol. The van der Waals surface area contributed by atoms with E-state index < -0.39 is 5.97 Å². The number of amides is 1. The van der Waals surface area contributed by atoms with Gasteiger partial charge in [-0.15, -0.1) is 0 Å². The third-order valence-corrected chi connectivity index (χ3v) is 4.57. The minimum atomic E-state index is -0.563. The fraction of sp³-hybridized carbons (Fsp3) is 0.200. The summed E-state index contributed by atoms with van der Waals surface area (Å²) in [6.07, 6.45) is 0. The summed E-state index contributed by atoms with van der Waals surface area (Å²) >= 11 is 0. The number of rotatable bonds is 6. The first-order chi connectivity index (χ1) is 14.3. The van der Waals surface area contributed by atoms with Crippen LogP contribution in [-0.2, 0) is 14.9 Å². The molecular formula is C25H26N2O3. The molecule has 0 aliphatic rings. The lowest BCUT2D eigenvalue weighted by molar-refractivity contribution is -0.119. The van der Waals surface area contributed by atoms with Gasteiger partial charge < -0.3 is 15.4 Å². The lowest BCUT2D eigenvalue weighted by Crippen LogP contribution is -2.21. The second-order valence-electron chi connectivity index (χ2n) is 7.99. The maximum absolute atomic E-state index is 12.5. The predicted molar refractivity (Wildman–Crippen MR) is 120 cm³/mol. The molecule has 0 heterocycles. The third-order valence-electron chi connectivity index (χ3n) is 4.57. The molecule has 2 N–H and O–H groups in total. The van der Waals surface area contributed by atoms with Gasteiger partial charge in [0.05, 0.1) is 11.3 Å². The van der Waals surface area contributed by atoms with Crippen LogP contribution in [0.5, 0.6) is 0 Å². The number of carbonyl (C=O) groups excluding carboxylic acids is 2. The maximum Gasteiger partial charge on any atom is 0.340 e. The molecule has 0 atom stereocenters. The minimum absolute atomic E-state index is 0.0409. The second-order valence-corrected chi connectivity index (χ2v) is 7.99. The first-order valence-electron chi connectivity index (χ1n) is 9.81. The molecule has 0 saturated carbocycles. The van der Waals surface area contributed by atoms with Crippen LogP contribution >= 0.6 is 0 Å². The molecule has 5 nitrogen and oxygen atoms in total. The van der Waals surface area contributed by atoms with Crippen molar-refractivity contribution in [2.75, 3.05) is 17.2 Å². The van der Waals surface area contributed by atoms with Crippen LogP contribution in [0.1, 0.15) is 36.7 Å². The van der Waals surface area contributed by atoms with Gasteiger partial charge in [-0.1, -0.05) is 63.2 Å². The zero-order valence-electron chi connectivity index (χ0n) is 17.4. The van der Waals surface area contributed by atoms with Crippen LogP contribution in [0.25, 0.3) is 0 Å². The summed E-state index contributed by atoms with van der Waals surface area (Å²) < 4.78 is 5.23. The Balaban J connectivity index is 1.58. The molecular weight excluding hydrogens is 376 g/mol. The molecule has 0 aromatic heterocycles. The van der Waals surface area contributed by atoms with Crippen molar-refractivity contribution < 1.29 is 14.3 Å². The van der Waals surface area contributed by atoms with E-state index in [-0.39, 0.29) is 17.9 Å². The van der Waals surface area contributed by atoms with Crippen molar-refractivity contribution in [1.29, 1.82) is 0 Å². The van der Waals surface area contributed by atoms with Gasteiger partial charge in [0.25, 0.3) is 5.91 Å². The Hall–Kier alpha value is -3.60. The summed E-state index contributed by atoms with van der Waals surface area (Å²) in [5.41, 5.74) is 3.72. The van der Waals surface area contributed by atoms with Crippen molar-refractivity contribution in [2.45, 2.75) is 26.2 Å². The van der Waals surface area contributed by atoms with Crippen molar-refractivity contribution in [3.8, 4) is 0 Å². The maximum atomic E-state index is 12.5. The highest BCUT2D eigenvalue weighted by molar-refractivity contribution is 5.99. The SMILES string of the molecule is CC(C)(C)c1ccc(NC(=O)COC(=O)c2ccccc2Nc2ccccc2)cc1. The molecule has 0 fully saturated rings. The Bertz CT molecular complexity index is 1010. The molecule has 0 aliphatic carbocycles. The average Bonchev–Trinajstić information content (AvgIpc) is 2.73. The number of para-hydroxylation sites is 2. The van der Waals surface area contributed by atoms with E-state index in [4.69, 9.17) is 4.74 Å². The highest BCUT2D eigenvalue weighted by Crippen LogP contribution is 2.24. The van der Waals surface area contributed by atoms with Crippen LogP contribution in [0.15, 0.2) is 78.9 Å². The van der Waals surface area contributed by atoms with Gasteiger partial charge in [-0.2, -0.15) is 0 Å². The minimum Gasteiger partial charge on any atom is -0.452 e. The molecule has 0 saturated heterocycles. The van der Waals surface area contributed by atoms with E-state index >= 15 is 0 Å². The number of benzene rings is 3. The topological polar surface area (TPSA) is 67.4 Å². The zero-order chi connectivity index (χ0) is 21.6. The van der Waals surface area contributed by atoms with Crippen LogP contribution in [0.2, 0.25) is 0 Å². The zero-order valence-corrected chi connectivity index (χ0v) is 17.4. The molecule has 154 valence electrons. The lowest BCUT2D eigenvalue weighted by atomic mass is 9.87. The molecule has 0 bridgehead atoms. The molecule has 3 rings (SSSR count). The quantitative estimate of drug-likeness (QED) is 0.533. The number of hydrogen-bond acceptors (Lipinski definition) is 4. The Labute approximate surface area is 177 Å². The second kappa shape index (κ2) is 9.27. The third kappa shape index (κ3) is 5.70. The van der Waals surface area contributed by atoms with Gasteiger partial charge in [0.1, 0.15) is 0 Å². The van der Waals surface area contributed by atoms with E-state index in [0.717, 1.165) is 5.69 Å². The molecule has 0 spiro atoms. The molecule has 0 aliphatic heterocycles. The molecule has 0 unspecified atom stereocenters. The van der Waals surface area contributed by atoms with Crippen molar-refractivity contribution in [3.05, 3.63) is 90.0 Å². The first kappa shape index (κ1) is 21.1. The number of nitrogens with one attached hydrogen (secondary N) is 2. The first-order valence-corrected chi connectivity index (χ1v) is 9.81. The fourth-order valence-corrected chi connectivity index (χ4v) is 2.91. The van der Waals surface area contributed by atoms with Gasteiger partial charge in [-0.3, -0.25) is 4.79 Å². The van der Waals surface area contributed by atoms with E-state index in [1.807, 2.05) is 60.7 Å². The van der Waals surface area contributed by atoms with E-state index in [1.54, 1.807) is 18.2 Å².